The van der Waals surface area contributed by atoms with Crippen LogP contribution in [0, 0.1) is 5.92 Å². The quantitative estimate of drug-likeness (QED) is 0.398. The number of ether oxygens (including phenoxy) is 2. The number of hydrogen-bond donors (Lipinski definition) is 0. The molecule has 114 valence electrons. The first-order valence-electron chi connectivity index (χ1n) is 7.00. The number of aldehydes is 1. The highest BCUT2D eigenvalue weighted by Gasteiger charge is 2.06. The fraction of sp³-hybridized carbons (Fsp3) is 0.412. The van der Waals surface area contributed by atoms with Crippen molar-refractivity contribution in [2.75, 3.05) is 13.2 Å². The second kappa shape index (κ2) is 9.21. The molecule has 0 aliphatic rings. The van der Waals surface area contributed by atoms with Crippen LogP contribution in [-0.2, 0) is 14.3 Å². The minimum Gasteiger partial charge on any atom is -0.353 e. The Bertz CT molecular complexity index is 491. The van der Waals surface area contributed by atoms with E-state index in [0.717, 1.165) is 11.8 Å². The monoisotopic (exact) mass is 290 g/mol. The topological polar surface area (TPSA) is 52.6 Å². The van der Waals surface area contributed by atoms with Crippen LogP contribution in [-0.4, -0.2) is 31.6 Å². The van der Waals surface area contributed by atoms with Crippen LogP contribution < -0.4 is 0 Å². The summed E-state index contributed by atoms with van der Waals surface area (Å²) in [7, 11) is 0. The minimum atomic E-state index is -0.400. The molecular weight excluding hydrogens is 268 g/mol. The normalized spacial score (nSPS) is 12.8. The SMILES string of the molecule is CC(C)COC(C)OCC(=O)/C=C/c1cccc(C=O)c1. The van der Waals surface area contributed by atoms with Crippen molar-refractivity contribution in [2.45, 2.75) is 27.1 Å². The summed E-state index contributed by atoms with van der Waals surface area (Å²) < 4.78 is 10.7. The smallest absolute Gasteiger partial charge is 0.181 e. The van der Waals surface area contributed by atoms with Gasteiger partial charge in [-0.1, -0.05) is 38.1 Å². The molecule has 0 radical (unpaired) electrons. The van der Waals surface area contributed by atoms with Gasteiger partial charge in [0.15, 0.2) is 12.1 Å². The predicted molar refractivity (Wildman–Crippen MR) is 82.1 cm³/mol. The number of hydrogen-bond acceptors (Lipinski definition) is 4. The first-order valence-corrected chi connectivity index (χ1v) is 7.00. The molecule has 0 N–H and O–H groups in total. The van der Waals surface area contributed by atoms with Gasteiger partial charge >= 0.3 is 0 Å². The third kappa shape index (κ3) is 7.54. The summed E-state index contributed by atoms with van der Waals surface area (Å²) in [5.41, 5.74) is 1.38. The van der Waals surface area contributed by atoms with Crippen molar-refractivity contribution < 1.29 is 19.1 Å². The van der Waals surface area contributed by atoms with Crippen LogP contribution in [0.15, 0.2) is 30.3 Å². The molecule has 1 unspecified atom stereocenters. The third-order valence-corrected chi connectivity index (χ3v) is 2.63. The number of ketones is 1. The second-order valence-corrected chi connectivity index (χ2v) is 5.19. The fourth-order valence-electron chi connectivity index (χ4n) is 1.55. The van der Waals surface area contributed by atoms with Crippen molar-refractivity contribution in [3.63, 3.8) is 0 Å². The lowest BCUT2D eigenvalue weighted by Crippen LogP contribution is -2.19. The zero-order valence-corrected chi connectivity index (χ0v) is 12.7. The zero-order valence-electron chi connectivity index (χ0n) is 12.7. The van der Waals surface area contributed by atoms with Crippen molar-refractivity contribution in [1.29, 1.82) is 0 Å². The van der Waals surface area contributed by atoms with Gasteiger partial charge in [-0.05, 0) is 30.5 Å². The molecule has 0 amide bonds. The maximum Gasteiger partial charge on any atom is 0.181 e. The molecule has 1 atom stereocenters. The lowest BCUT2D eigenvalue weighted by molar-refractivity contribution is -0.149. The van der Waals surface area contributed by atoms with Crippen LogP contribution in [0.4, 0.5) is 0 Å². The molecule has 0 bridgehead atoms. The van der Waals surface area contributed by atoms with E-state index in [4.69, 9.17) is 9.47 Å². The second-order valence-electron chi connectivity index (χ2n) is 5.19. The molecule has 0 aromatic heterocycles. The van der Waals surface area contributed by atoms with E-state index in [2.05, 4.69) is 0 Å². The van der Waals surface area contributed by atoms with Gasteiger partial charge in [-0.2, -0.15) is 0 Å². The molecule has 0 fully saturated rings. The molecule has 0 saturated carbocycles. The van der Waals surface area contributed by atoms with Crippen LogP contribution in [0.5, 0.6) is 0 Å². The Morgan fingerprint density at radius 3 is 2.57 bits per heavy atom. The van der Waals surface area contributed by atoms with Crippen molar-refractivity contribution in [2.24, 2.45) is 5.92 Å². The van der Waals surface area contributed by atoms with Gasteiger partial charge in [0.1, 0.15) is 12.9 Å². The largest absolute Gasteiger partial charge is 0.353 e. The van der Waals surface area contributed by atoms with Gasteiger partial charge in [-0.15, -0.1) is 0 Å². The summed E-state index contributed by atoms with van der Waals surface area (Å²) in [6.45, 7) is 6.45. The summed E-state index contributed by atoms with van der Waals surface area (Å²) in [6.07, 6.45) is 3.48. The molecule has 0 aliphatic heterocycles. The van der Waals surface area contributed by atoms with E-state index in [9.17, 15) is 9.59 Å². The lowest BCUT2D eigenvalue weighted by Gasteiger charge is -2.14. The van der Waals surface area contributed by atoms with Gasteiger partial charge in [-0.3, -0.25) is 9.59 Å². The average Bonchev–Trinajstić information content (AvgIpc) is 2.49. The molecule has 21 heavy (non-hydrogen) atoms. The Morgan fingerprint density at radius 2 is 1.90 bits per heavy atom. The van der Waals surface area contributed by atoms with E-state index in [1.807, 2.05) is 19.9 Å². The van der Waals surface area contributed by atoms with Crippen LogP contribution >= 0.6 is 0 Å². The van der Waals surface area contributed by atoms with Crippen LogP contribution in [0.25, 0.3) is 6.08 Å². The van der Waals surface area contributed by atoms with Gasteiger partial charge in [0.05, 0.1) is 6.61 Å². The van der Waals surface area contributed by atoms with Gasteiger partial charge in [-0.25, -0.2) is 0 Å². The highest BCUT2D eigenvalue weighted by molar-refractivity contribution is 5.94. The fourth-order valence-corrected chi connectivity index (χ4v) is 1.55. The van der Waals surface area contributed by atoms with E-state index < -0.39 is 6.29 Å². The van der Waals surface area contributed by atoms with Crippen LogP contribution in [0.2, 0.25) is 0 Å². The molecule has 4 heteroatoms. The summed E-state index contributed by atoms with van der Waals surface area (Å²) >= 11 is 0. The molecule has 0 saturated heterocycles. The van der Waals surface area contributed by atoms with Crippen LogP contribution in [0.1, 0.15) is 36.7 Å². The van der Waals surface area contributed by atoms with Crippen molar-refractivity contribution in [3.8, 4) is 0 Å². The molecule has 4 nitrogen and oxygen atoms in total. The molecule has 1 aromatic rings. The molecule has 1 aromatic carbocycles. The summed E-state index contributed by atoms with van der Waals surface area (Å²) in [6, 6.07) is 7.02. The van der Waals surface area contributed by atoms with E-state index in [0.29, 0.717) is 18.1 Å². The Morgan fingerprint density at radius 1 is 1.19 bits per heavy atom. The van der Waals surface area contributed by atoms with E-state index in [-0.39, 0.29) is 12.4 Å². The molecule has 1 rings (SSSR count). The predicted octanol–water partition coefficient (Wildman–Crippen LogP) is 3.12. The average molecular weight is 290 g/mol. The highest BCUT2D eigenvalue weighted by atomic mass is 16.7. The Balaban J connectivity index is 2.39. The van der Waals surface area contributed by atoms with Crippen molar-refractivity contribution in [1.82, 2.24) is 0 Å². The Kier molecular flexibility index (Phi) is 7.58. The first kappa shape index (κ1) is 17.3. The highest BCUT2D eigenvalue weighted by Crippen LogP contribution is 2.06. The summed E-state index contributed by atoms with van der Waals surface area (Å²) in [5.74, 6) is 0.281. The zero-order chi connectivity index (χ0) is 15.7. The summed E-state index contributed by atoms with van der Waals surface area (Å²) in [4.78, 5) is 22.3. The number of carbonyl (C=O) groups is 2. The Labute approximate surface area is 125 Å². The maximum atomic E-state index is 11.7. The van der Waals surface area contributed by atoms with E-state index >= 15 is 0 Å². The standard InChI is InChI=1S/C17H22O4/c1-13(2)11-20-14(3)21-12-17(19)8-7-15-5-4-6-16(9-15)10-18/h4-10,13-14H,11-12H2,1-3H3/b8-7+. The van der Waals surface area contributed by atoms with Gasteiger partial charge < -0.3 is 9.47 Å². The Hall–Kier alpha value is -1.78. The van der Waals surface area contributed by atoms with Gasteiger partial charge in [0.2, 0.25) is 0 Å². The number of benzene rings is 1. The number of rotatable bonds is 9. The molecule has 0 spiro atoms. The lowest BCUT2D eigenvalue weighted by atomic mass is 10.1. The minimum absolute atomic E-state index is 0.0247. The van der Waals surface area contributed by atoms with E-state index in [1.165, 1.54) is 6.08 Å². The van der Waals surface area contributed by atoms with Gasteiger partial charge in [0, 0.05) is 5.56 Å². The van der Waals surface area contributed by atoms with Crippen molar-refractivity contribution in [3.05, 3.63) is 41.5 Å². The molecule has 0 aliphatic carbocycles. The molecule has 0 heterocycles. The molecular formula is C17H22O4. The van der Waals surface area contributed by atoms with Crippen LogP contribution in [0.3, 0.4) is 0 Å². The van der Waals surface area contributed by atoms with Gasteiger partial charge in [0.25, 0.3) is 0 Å². The third-order valence-electron chi connectivity index (χ3n) is 2.63. The summed E-state index contributed by atoms with van der Waals surface area (Å²) in [5, 5.41) is 0. The number of carbonyl (C=O) groups excluding carboxylic acids is 2. The first-order chi connectivity index (χ1) is 10.0. The van der Waals surface area contributed by atoms with E-state index in [1.54, 1.807) is 31.2 Å². The van der Waals surface area contributed by atoms with Crippen molar-refractivity contribution >= 4 is 18.1 Å². The maximum absolute atomic E-state index is 11.7.